The summed E-state index contributed by atoms with van der Waals surface area (Å²) >= 11 is 0. The summed E-state index contributed by atoms with van der Waals surface area (Å²) in [6.07, 6.45) is 3.20. The smallest absolute Gasteiger partial charge is 0.319 e. The second kappa shape index (κ2) is 7.15. The van der Waals surface area contributed by atoms with Crippen LogP contribution < -0.4 is 15.5 Å². The molecule has 2 amide bonds. The summed E-state index contributed by atoms with van der Waals surface area (Å²) in [4.78, 5) is 16.6. The molecule has 1 aliphatic heterocycles. The van der Waals surface area contributed by atoms with Crippen molar-refractivity contribution in [3.05, 3.63) is 42.2 Å². The Morgan fingerprint density at radius 1 is 1.26 bits per heavy atom. The summed E-state index contributed by atoms with van der Waals surface area (Å²) in [7, 11) is 2.14. The van der Waals surface area contributed by atoms with Crippen LogP contribution in [0.15, 0.2) is 36.7 Å². The van der Waals surface area contributed by atoms with Crippen molar-refractivity contribution in [2.45, 2.75) is 6.54 Å². The average Bonchev–Trinajstić information content (AvgIpc) is 3.07. The molecule has 2 heterocycles. The van der Waals surface area contributed by atoms with Crippen LogP contribution in [0.4, 0.5) is 16.2 Å². The number of para-hydroxylation sites is 1. The lowest BCUT2D eigenvalue weighted by Gasteiger charge is -2.35. The highest BCUT2D eigenvalue weighted by molar-refractivity contribution is 5.88. The van der Waals surface area contributed by atoms with Gasteiger partial charge in [-0.15, -0.1) is 0 Å². The first-order valence-corrected chi connectivity index (χ1v) is 7.77. The number of aromatic amines is 1. The van der Waals surface area contributed by atoms with Gasteiger partial charge in [-0.1, -0.05) is 18.2 Å². The summed E-state index contributed by atoms with van der Waals surface area (Å²) in [5.41, 5.74) is 2.97. The number of hydrogen-bond donors (Lipinski definition) is 3. The average molecular weight is 314 g/mol. The number of aromatic nitrogens is 2. The fraction of sp³-hybridized carbons (Fsp3) is 0.375. The van der Waals surface area contributed by atoms with Gasteiger partial charge in [-0.2, -0.15) is 5.10 Å². The van der Waals surface area contributed by atoms with Gasteiger partial charge in [0.2, 0.25) is 0 Å². The number of hydrogen-bond acceptors (Lipinski definition) is 4. The van der Waals surface area contributed by atoms with Crippen LogP contribution >= 0.6 is 0 Å². The first kappa shape index (κ1) is 15.4. The zero-order valence-electron chi connectivity index (χ0n) is 13.2. The third-order valence-corrected chi connectivity index (χ3v) is 4.03. The quantitative estimate of drug-likeness (QED) is 0.799. The third kappa shape index (κ3) is 4.01. The number of piperazine rings is 1. The van der Waals surface area contributed by atoms with E-state index in [4.69, 9.17) is 0 Å². The molecule has 3 rings (SSSR count). The predicted octanol–water partition coefficient (Wildman–Crippen LogP) is 1.48. The van der Waals surface area contributed by atoms with Gasteiger partial charge in [-0.05, 0) is 18.7 Å². The lowest BCUT2D eigenvalue weighted by Crippen LogP contribution is -2.45. The molecule has 0 spiro atoms. The molecule has 23 heavy (non-hydrogen) atoms. The van der Waals surface area contributed by atoms with Crippen molar-refractivity contribution in [1.82, 2.24) is 20.4 Å². The second-order valence-corrected chi connectivity index (χ2v) is 5.71. The molecule has 3 N–H and O–H groups in total. The maximum Gasteiger partial charge on any atom is 0.319 e. The zero-order valence-corrected chi connectivity index (χ0v) is 13.2. The van der Waals surface area contributed by atoms with E-state index in [1.54, 1.807) is 12.4 Å². The van der Waals surface area contributed by atoms with Gasteiger partial charge in [0, 0.05) is 44.6 Å². The molecule has 0 bridgehead atoms. The fourth-order valence-electron chi connectivity index (χ4n) is 2.69. The van der Waals surface area contributed by atoms with Crippen LogP contribution in [-0.4, -0.2) is 54.4 Å². The van der Waals surface area contributed by atoms with Gasteiger partial charge in [0.1, 0.15) is 0 Å². The first-order chi connectivity index (χ1) is 11.2. The molecule has 1 saturated heterocycles. The summed E-state index contributed by atoms with van der Waals surface area (Å²) in [5, 5.41) is 12.1. The molecule has 1 aromatic heterocycles. The summed E-state index contributed by atoms with van der Waals surface area (Å²) in [6.45, 7) is 4.63. The number of amides is 2. The van der Waals surface area contributed by atoms with E-state index in [1.165, 1.54) is 5.69 Å². The molecule has 122 valence electrons. The number of likely N-dealkylation sites (N-methyl/N-ethyl adjacent to an activating group) is 1. The van der Waals surface area contributed by atoms with E-state index in [0.717, 1.165) is 31.7 Å². The Bertz CT molecular complexity index is 634. The highest BCUT2D eigenvalue weighted by Crippen LogP contribution is 2.21. The van der Waals surface area contributed by atoms with Gasteiger partial charge in [-0.25, -0.2) is 4.79 Å². The summed E-state index contributed by atoms with van der Waals surface area (Å²) < 4.78 is 0. The van der Waals surface area contributed by atoms with Crippen LogP contribution in [0.25, 0.3) is 0 Å². The minimum atomic E-state index is -0.236. The maximum atomic E-state index is 11.9. The number of carbonyl (C=O) groups excluding carboxylic acids is 1. The van der Waals surface area contributed by atoms with Gasteiger partial charge >= 0.3 is 6.03 Å². The number of nitrogens with one attached hydrogen (secondary N) is 3. The van der Waals surface area contributed by atoms with E-state index >= 15 is 0 Å². The van der Waals surface area contributed by atoms with Crippen molar-refractivity contribution >= 4 is 17.4 Å². The van der Waals surface area contributed by atoms with Crippen molar-refractivity contribution in [3.8, 4) is 0 Å². The van der Waals surface area contributed by atoms with Crippen molar-refractivity contribution in [2.24, 2.45) is 0 Å². The van der Waals surface area contributed by atoms with E-state index in [-0.39, 0.29) is 6.03 Å². The molecule has 0 unspecified atom stereocenters. The molecule has 1 aliphatic rings. The number of anilines is 2. The number of rotatable bonds is 4. The molecule has 7 heteroatoms. The minimum Gasteiger partial charge on any atom is -0.369 e. The van der Waals surface area contributed by atoms with E-state index in [0.29, 0.717) is 12.2 Å². The third-order valence-electron chi connectivity index (χ3n) is 4.03. The van der Waals surface area contributed by atoms with Crippen LogP contribution in [0.2, 0.25) is 0 Å². The molecule has 0 aliphatic carbocycles. The van der Waals surface area contributed by atoms with Crippen molar-refractivity contribution in [3.63, 3.8) is 0 Å². The molecule has 0 radical (unpaired) electrons. The molecule has 1 fully saturated rings. The van der Waals surface area contributed by atoms with Crippen LogP contribution in [0.3, 0.4) is 0 Å². The normalized spacial score (nSPS) is 15.4. The Kier molecular flexibility index (Phi) is 4.77. The highest BCUT2D eigenvalue weighted by Gasteiger charge is 2.16. The minimum absolute atomic E-state index is 0.236. The highest BCUT2D eigenvalue weighted by atomic mass is 16.2. The first-order valence-electron chi connectivity index (χ1n) is 7.77. The van der Waals surface area contributed by atoms with E-state index in [2.05, 4.69) is 49.8 Å². The van der Waals surface area contributed by atoms with Crippen molar-refractivity contribution in [1.29, 1.82) is 0 Å². The topological polar surface area (TPSA) is 76.3 Å². The molecule has 7 nitrogen and oxygen atoms in total. The summed E-state index contributed by atoms with van der Waals surface area (Å²) in [6, 6.07) is 8.00. The Labute approximate surface area is 135 Å². The van der Waals surface area contributed by atoms with Gasteiger partial charge in [0.25, 0.3) is 0 Å². The van der Waals surface area contributed by atoms with Crippen LogP contribution in [0.1, 0.15) is 5.56 Å². The molecule has 1 aromatic carbocycles. The largest absolute Gasteiger partial charge is 0.369 e. The Morgan fingerprint density at radius 2 is 2.04 bits per heavy atom. The van der Waals surface area contributed by atoms with Crippen molar-refractivity contribution < 1.29 is 4.79 Å². The van der Waals surface area contributed by atoms with Gasteiger partial charge in [0.15, 0.2) is 0 Å². The maximum absolute atomic E-state index is 11.9. The van der Waals surface area contributed by atoms with Gasteiger partial charge in [-0.3, -0.25) is 5.10 Å². The second-order valence-electron chi connectivity index (χ2n) is 5.71. The van der Waals surface area contributed by atoms with E-state index < -0.39 is 0 Å². The molecular formula is C16H22N6O. The monoisotopic (exact) mass is 314 g/mol. The molecule has 0 atom stereocenters. The fourth-order valence-corrected chi connectivity index (χ4v) is 2.69. The lowest BCUT2D eigenvalue weighted by molar-refractivity contribution is 0.251. The SMILES string of the molecule is CN1CCN(c2ccccc2CNC(=O)Nc2cn[nH]c2)CC1. The molecular weight excluding hydrogens is 292 g/mol. The number of benzene rings is 1. The Morgan fingerprint density at radius 3 is 2.78 bits per heavy atom. The van der Waals surface area contributed by atoms with Crippen LogP contribution in [-0.2, 0) is 6.54 Å². The van der Waals surface area contributed by atoms with E-state index in [1.807, 2.05) is 12.1 Å². The van der Waals surface area contributed by atoms with Crippen LogP contribution in [0, 0.1) is 0 Å². The molecule has 2 aromatic rings. The van der Waals surface area contributed by atoms with E-state index in [9.17, 15) is 4.79 Å². The van der Waals surface area contributed by atoms with Crippen molar-refractivity contribution in [2.75, 3.05) is 43.4 Å². The van der Waals surface area contributed by atoms with Gasteiger partial charge in [0.05, 0.1) is 11.9 Å². The number of urea groups is 1. The number of H-pyrrole nitrogens is 1. The zero-order chi connectivity index (χ0) is 16.1. The standard InChI is InChI=1S/C16H22N6O/c1-21-6-8-22(9-7-21)15-5-3-2-4-13(15)10-17-16(23)20-14-11-18-19-12-14/h2-5,11-12H,6-10H2,1H3,(H,18,19)(H2,17,20,23). The van der Waals surface area contributed by atoms with Gasteiger partial charge < -0.3 is 20.4 Å². The lowest BCUT2D eigenvalue weighted by atomic mass is 10.1. The predicted molar refractivity (Wildman–Crippen MR) is 90.6 cm³/mol. The number of nitrogens with zero attached hydrogens (tertiary/aromatic N) is 3. The molecule has 0 saturated carbocycles. The van der Waals surface area contributed by atoms with Crippen LogP contribution in [0.5, 0.6) is 0 Å². The Hall–Kier alpha value is -2.54. The Balaban J connectivity index is 1.60. The summed E-state index contributed by atoms with van der Waals surface area (Å²) in [5.74, 6) is 0. The number of carbonyl (C=O) groups is 1.